The first-order chi connectivity index (χ1) is 9.02. The summed E-state index contributed by atoms with van der Waals surface area (Å²) in [6.07, 6.45) is -0.765. The summed E-state index contributed by atoms with van der Waals surface area (Å²) in [4.78, 5) is 37.0. The van der Waals surface area contributed by atoms with Crippen LogP contribution in [-0.4, -0.2) is 78.9 Å². The van der Waals surface area contributed by atoms with Crippen molar-refractivity contribution in [1.29, 1.82) is 0 Å². The van der Waals surface area contributed by atoms with E-state index >= 15 is 0 Å². The maximum absolute atomic E-state index is 12.1. The number of ether oxygens (including phenoxy) is 2. The number of nitrogens with zero attached hydrogens (tertiary/aromatic N) is 2. The number of urea groups is 1. The number of amides is 2. The van der Waals surface area contributed by atoms with Gasteiger partial charge in [-0.1, -0.05) is 0 Å². The lowest BCUT2D eigenvalue weighted by atomic mass is 10.0. The largest absolute Gasteiger partial charge is 0.481 e. The molecule has 0 saturated carbocycles. The van der Waals surface area contributed by atoms with Crippen LogP contribution in [0.1, 0.15) is 0 Å². The topological polar surface area (TPSA) is 96.4 Å². The molecule has 0 aliphatic carbocycles. The second-order valence-electron chi connectivity index (χ2n) is 4.55. The molecule has 19 heavy (non-hydrogen) atoms. The summed E-state index contributed by atoms with van der Waals surface area (Å²) in [5.74, 6) is -1.88. The Balaban J connectivity index is 1.86. The number of hydrogen-bond acceptors (Lipinski definition) is 5. The molecule has 1 unspecified atom stereocenters. The third-order valence-electron chi connectivity index (χ3n) is 3.30. The van der Waals surface area contributed by atoms with Crippen LogP contribution in [-0.2, 0) is 19.1 Å². The second kappa shape index (κ2) is 5.43. The Labute approximate surface area is 109 Å². The molecule has 0 spiro atoms. The van der Waals surface area contributed by atoms with Gasteiger partial charge in [-0.05, 0) is 0 Å². The van der Waals surface area contributed by atoms with Gasteiger partial charge in [0.1, 0.15) is 0 Å². The number of likely N-dealkylation sites (tertiary alicyclic amines) is 1. The predicted molar refractivity (Wildman–Crippen MR) is 61.4 cm³/mol. The van der Waals surface area contributed by atoms with Gasteiger partial charge in [0.15, 0.2) is 6.10 Å². The van der Waals surface area contributed by atoms with Crippen LogP contribution in [0.15, 0.2) is 0 Å². The minimum Gasteiger partial charge on any atom is -0.481 e. The molecule has 2 heterocycles. The van der Waals surface area contributed by atoms with Gasteiger partial charge in [-0.3, -0.25) is 4.79 Å². The third kappa shape index (κ3) is 2.78. The van der Waals surface area contributed by atoms with Crippen molar-refractivity contribution in [3.05, 3.63) is 0 Å². The second-order valence-corrected chi connectivity index (χ2v) is 4.55. The van der Waals surface area contributed by atoms with Crippen LogP contribution >= 0.6 is 0 Å². The minimum atomic E-state index is -0.890. The van der Waals surface area contributed by atoms with Crippen LogP contribution in [0, 0.1) is 5.92 Å². The molecule has 2 saturated heterocycles. The molecule has 0 aromatic rings. The summed E-state index contributed by atoms with van der Waals surface area (Å²) in [5, 5.41) is 8.76. The van der Waals surface area contributed by atoms with Gasteiger partial charge in [-0.2, -0.15) is 0 Å². The molecule has 2 aliphatic heterocycles. The van der Waals surface area contributed by atoms with Gasteiger partial charge >= 0.3 is 18.0 Å². The molecule has 2 fully saturated rings. The summed E-state index contributed by atoms with van der Waals surface area (Å²) in [6.45, 7) is 1.23. The highest BCUT2D eigenvalue weighted by Crippen LogP contribution is 2.19. The predicted octanol–water partition coefficient (Wildman–Crippen LogP) is -1.00. The highest BCUT2D eigenvalue weighted by Gasteiger charge is 2.39. The average Bonchev–Trinajstić information content (AvgIpc) is 2.35. The number of carboxylic acid groups (broad SMARTS) is 1. The zero-order valence-electron chi connectivity index (χ0n) is 10.6. The molecule has 106 valence electrons. The van der Waals surface area contributed by atoms with E-state index in [1.165, 1.54) is 16.9 Å². The maximum atomic E-state index is 12.1. The molecule has 0 aromatic heterocycles. The highest BCUT2D eigenvalue weighted by molar-refractivity contribution is 5.81. The van der Waals surface area contributed by atoms with Crippen molar-refractivity contribution in [3.63, 3.8) is 0 Å². The number of hydrogen-bond donors (Lipinski definition) is 1. The van der Waals surface area contributed by atoms with E-state index in [2.05, 4.69) is 4.74 Å². The zero-order valence-corrected chi connectivity index (χ0v) is 10.6. The fourth-order valence-corrected chi connectivity index (χ4v) is 2.09. The first-order valence-corrected chi connectivity index (χ1v) is 5.99. The van der Waals surface area contributed by atoms with Crippen LogP contribution in [0.4, 0.5) is 4.79 Å². The monoisotopic (exact) mass is 272 g/mol. The molecule has 1 N–H and O–H groups in total. The van der Waals surface area contributed by atoms with E-state index in [1.807, 2.05) is 0 Å². The lowest BCUT2D eigenvalue weighted by Crippen LogP contribution is -2.60. The van der Waals surface area contributed by atoms with E-state index in [4.69, 9.17) is 9.84 Å². The molecule has 1 atom stereocenters. The van der Waals surface area contributed by atoms with Crippen LogP contribution < -0.4 is 0 Å². The van der Waals surface area contributed by atoms with E-state index in [-0.39, 0.29) is 32.3 Å². The van der Waals surface area contributed by atoms with Gasteiger partial charge in [0.25, 0.3) is 0 Å². The zero-order chi connectivity index (χ0) is 14.0. The van der Waals surface area contributed by atoms with Gasteiger partial charge in [-0.15, -0.1) is 0 Å². The molecular formula is C11H16N2O6. The number of aliphatic carboxylic acids is 1. The SMILES string of the molecule is COC(=O)C1CN(C(=O)N2CC(C(=O)O)C2)CCO1. The molecule has 0 aromatic carbocycles. The van der Waals surface area contributed by atoms with E-state index in [0.29, 0.717) is 6.54 Å². The Morgan fingerprint density at radius 3 is 2.47 bits per heavy atom. The van der Waals surface area contributed by atoms with Crippen molar-refractivity contribution in [2.45, 2.75) is 6.10 Å². The van der Waals surface area contributed by atoms with Crippen LogP contribution in [0.3, 0.4) is 0 Å². The third-order valence-corrected chi connectivity index (χ3v) is 3.30. The van der Waals surface area contributed by atoms with Crippen molar-refractivity contribution >= 4 is 18.0 Å². The number of rotatable bonds is 2. The summed E-state index contributed by atoms with van der Waals surface area (Å²) < 4.78 is 9.79. The number of carbonyl (C=O) groups excluding carboxylic acids is 2. The van der Waals surface area contributed by atoms with Crippen LogP contribution in [0.25, 0.3) is 0 Å². The number of methoxy groups -OCH3 is 1. The quantitative estimate of drug-likeness (QED) is 0.647. The molecule has 2 aliphatic rings. The maximum Gasteiger partial charge on any atom is 0.336 e. The van der Waals surface area contributed by atoms with Crippen molar-refractivity contribution in [2.75, 3.05) is 39.9 Å². The fourth-order valence-electron chi connectivity index (χ4n) is 2.09. The van der Waals surface area contributed by atoms with Crippen LogP contribution in [0.2, 0.25) is 0 Å². The standard InChI is InChI=1S/C11H16N2O6/c1-18-10(16)8-6-12(2-3-19-8)11(17)13-4-7(5-13)9(14)15/h7-8H,2-6H2,1H3,(H,14,15). The summed E-state index contributed by atoms with van der Waals surface area (Å²) in [7, 11) is 1.26. The number of carboxylic acids is 1. The van der Waals surface area contributed by atoms with E-state index in [0.717, 1.165) is 0 Å². The Bertz CT molecular complexity index is 393. The number of morpholine rings is 1. The van der Waals surface area contributed by atoms with E-state index in [1.54, 1.807) is 0 Å². The normalized spacial score (nSPS) is 23.7. The summed E-state index contributed by atoms with van der Waals surface area (Å²) in [6, 6.07) is -0.255. The van der Waals surface area contributed by atoms with Gasteiger partial charge in [0, 0.05) is 19.6 Å². The van der Waals surface area contributed by atoms with Crippen molar-refractivity contribution in [3.8, 4) is 0 Å². The Kier molecular flexibility index (Phi) is 3.89. The number of carbonyl (C=O) groups is 3. The molecule has 2 rings (SSSR count). The minimum absolute atomic E-state index is 0.139. The summed E-state index contributed by atoms with van der Waals surface area (Å²) in [5.41, 5.74) is 0. The molecule has 2 amide bonds. The van der Waals surface area contributed by atoms with E-state index < -0.39 is 24.0 Å². The lowest BCUT2D eigenvalue weighted by Gasteiger charge is -2.41. The first kappa shape index (κ1) is 13.6. The number of esters is 1. The van der Waals surface area contributed by atoms with Crippen molar-refractivity contribution < 1.29 is 29.0 Å². The van der Waals surface area contributed by atoms with Gasteiger partial charge < -0.3 is 24.4 Å². The van der Waals surface area contributed by atoms with E-state index in [9.17, 15) is 14.4 Å². The van der Waals surface area contributed by atoms with Gasteiger partial charge in [-0.25, -0.2) is 9.59 Å². The average molecular weight is 272 g/mol. The Hall–Kier alpha value is -1.83. The van der Waals surface area contributed by atoms with Crippen molar-refractivity contribution in [2.24, 2.45) is 5.92 Å². The smallest absolute Gasteiger partial charge is 0.336 e. The molecule has 0 bridgehead atoms. The highest BCUT2D eigenvalue weighted by atomic mass is 16.6. The van der Waals surface area contributed by atoms with Crippen LogP contribution in [0.5, 0.6) is 0 Å². The van der Waals surface area contributed by atoms with Gasteiger partial charge in [0.2, 0.25) is 0 Å². The molecule has 0 radical (unpaired) electrons. The Morgan fingerprint density at radius 1 is 1.21 bits per heavy atom. The van der Waals surface area contributed by atoms with Gasteiger partial charge in [0.05, 0.1) is 26.2 Å². The molecule has 8 nitrogen and oxygen atoms in total. The Morgan fingerprint density at radius 2 is 1.89 bits per heavy atom. The van der Waals surface area contributed by atoms with Crippen molar-refractivity contribution in [1.82, 2.24) is 9.80 Å². The molecular weight excluding hydrogens is 256 g/mol. The fraction of sp³-hybridized carbons (Fsp3) is 0.727. The lowest BCUT2D eigenvalue weighted by molar-refractivity contribution is -0.158. The summed E-state index contributed by atoms with van der Waals surface area (Å²) >= 11 is 0. The first-order valence-electron chi connectivity index (χ1n) is 5.99. The molecule has 8 heteroatoms.